The molecule has 5 aliphatic rings. The smallest absolute Gasteiger partial charge is 0.331 e. The molecule has 4 aliphatic carbocycles. The molecule has 0 radical (unpaired) electrons. The van der Waals surface area contributed by atoms with Gasteiger partial charge >= 0.3 is 5.97 Å². The van der Waals surface area contributed by atoms with Crippen LogP contribution in [0.1, 0.15) is 72.1 Å². The summed E-state index contributed by atoms with van der Waals surface area (Å²) >= 11 is 0. The first-order valence-electron chi connectivity index (χ1n) is 12.4. The second-order valence-corrected chi connectivity index (χ2v) is 11.5. The Hall–Kier alpha value is -1.62. The highest BCUT2D eigenvalue weighted by molar-refractivity contribution is 5.85. The van der Waals surface area contributed by atoms with Crippen LogP contribution in [0.15, 0.2) is 23.3 Å². The molecule has 5 nitrogen and oxygen atoms in total. The molecule has 3 N–H and O–H groups in total. The number of fused-ring (bicyclic) bond motifs is 5. The van der Waals surface area contributed by atoms with Crippen LogP contribution in [0.4, 0.5) is 0 Å². The Kier molecular flexibility index (Phi) is 5.12. The number of hydrogen-bond donors (Lipinski definition) is 2. The Labute approximate surface area is 186 Å². The van der Waals surface area contributed by atoms with E-state index in [1.54, 1.807) is 18.6 Å². The average molecular weight is 427 g/mol. The van der Waals surface area contributed by atoms with Crippen LogP contribution < -0.4 is 11.1 Å². The quantitative estimate of drug-likeness (QED) is 0.530. The monoisotopic (exact) mass is 426 g/mol. The Balaban J connectivity index is 1.32. The van der Waals surface area contributed by atoms with Crippen molar-refractivity contribution >= 4 is 11.9 Å². The molecule has 0 aromatic rings. The van der Waals surface area contributed by atoms with Gasteiger partial charge in [0.05, 0.1) is 6.04 Å². The topological polar surface area (TPSA) is 81.4 Å². The Morgan fingerprint density at radius 2 is 2.03 bits per heavy atom. The fourth-order valence-corrected chi connectivity index (χ4v) is 8.20. The van der Waals surface area contributed by atoms with Crippen molar-refractivity contribution in [1.29, 1.82) is 0 Å². The van der Waals surface area contributed by atoms with E-state index in [-0.39, 0.29) is 23.3 Å². The van der Waals surface area contributed by atoms with Gasteiger partial charge in [0.25, 0.3) is 0 Å². The highest BCUT2D eigenvalue weighted by atomic mass is 16.5. The molecule has 3 fully saturated rings. The second-order valence-electron chi connectivity index (χ2n) is 11.5. The third-order valence-electron chi connectivity index (χ3n) is 9.96. The van der Waals surface area contributed by atoms with Gasteiger partial charge in [-0.05, 0) is 98.4 Å². The minimum atomic E-state index is -0.432. The lowest BCUT2D eigenvalue weighted by Gasteiger charge is -2.60. The molecule has 1 heterocycles. The van der Waals surface area contributed by atoms with E-state index < -0.39 is 6.04 Å². The van der Waals surface area contributed by atoms with Gasteiger partial charge in [0.2, 0.25) is 5.91 Å². The van der Waals surface area contributed by atoms with Gasteiger partial charge in [0.1, 0.15) is 6.61 Å². The van der Waals surface area contributed by atoms with Crippen molar-refractivity contribution in [2.45, 2.75) is 84.2 Å². The molecule has 1 aliphatic heterocycles. The summed E-state index contributed by atoms with van der Waals surface area (Å²) < 4.78 is 5.26. The normalized spacial score (nSPS) is 44.9. The fraction of sp³-hybridized carbons (Fsp3) is 0.769. The van der Waals surface area contributed by atoms with Gasteiger partial charge in [-0.2, -0.15) is 0 Å². The number of rotatable bonds is 3. The molecule has 3 saturated carbocycles. The van der Waals surface area contributed by atoms with Crippen LogP contribution in [0.25, 0.3) is 0 Å². The van der Waals surface area contributed by atoms with E-state index in [1.807, 2.05) is 0 Å². The molecule has 1 amide bonds. The average Bonchev–Trinajstić information content (AvgIpc) is 3.30. The summed E-state index contributed by atoms with van der Waals surface area (Å²) in [6.45, 7) is 7.24. The van der Waals surface area contributed by atoms with E-state index in [2.05, 4.69) is 25.2 Å². The summed E-state index contributed by atoms with van der Waals surface area (Å²) in [4.78, 5) is 23.8. The van der Waals surface area contributed by atoms with Crippen molar-refractivity contribution in [2.75, 3.05) is 6.61 Å². The highest BCUT2D eigenvalue weighted by Gasteiger charge is 2.58. The zero-order valence-electron chi connectivity index (χ0n) is 19.3. The first-order chi connectivity index (χ1) is 14.7. The van der Waals surface area contributed by atoms with Crippen LogP contribution in [-0.2, 0) is 14.3 Å². The minimum Gasteiger partial charge on any atom is -0.458 e. The number of nitrogens with two attached hydrogens (primary N) is 1. The van der Waals surface area contributed by atoms with Gasteiger partial charge in [-0.3, -0.25) is 4.79 Å². The van der Waals surface area contributed by atoms with Crippen molar-refractivity contribution < 1.29 is 14.3 Å². The Morgan fingerprint density at radius 3 is 2.74 bits per heavy atom. The molecule has 5 rings (SSSR count). The Bertz CT molecular complexity index is 846. The number of ether oxygens (including phenoxy) is 1. The fourth-order valence-electron chi connectivity index (χ4n) is 8.20. The van der Waals surface area contributed by atoms with E-state index in [4.69, 9.17) is 10.5 Å². The van der Waals surface area contributed by atoms with E-state index in [0.29, 0.717) is 29.8 Å². The molecule has 0 bridgehead atoms. The van der Waals surface area contributed by atoms with Crippen molar-refractivity contribution in [3.05, 3.63) is 23.3 Å². The van der Waals surface area contributed by atoms with Crippen LogP contribution in [0, 0.1) is 34.5 Å². The zero-order valence-corrected chi connectivity index (χ0v) is 19.3. The SMILES string of the molecule is CC(N)C(=O)N[C@H]1CC[C@@]2(C)[C@H](CC[C@H]3C4=CC[C@H](C5=CC(=O)OC5)[C@@]4(C)CC[C@@H]32)C1. The first kappa shape index (κ1) is 21.2. The van der Waals surface area contributed by atoms with E-state index >= 15 is 0 Å². The summed E-state index contributed by atoms with van der Waals surface area (Å²) in [6.07, 6.45) is 13.7. The standard InChI is InChI=1S/C26H38N2O3/c1-15(27)24(30)28-18-8-10-25(2)17(13-18)4-5-19-21-7-6-20(16-12-23(29)31-14-16)26(21,3)11-9-22(19)25/h7,12,15,17-20,22H,4-6,8-11,13-14,27H2,1-3H3,(H,28,30)/t15?,17-,18+,19+,20-,22+,25+,26-/m1/s1. The lowest BCUT2D eigenvalue weighted by molar-refractivity contribution is -0.135. The molecule has 0 spiro atoms. The maximum atomic E-state index is 12.1. The number of esters is 1. The number of nitrogens with one attached hydrogen (secondary N) is 1. The van der Waals surface area contributed by atoms with Gasteiger partial charge in [0, 0.05) is 12.1 Å². The predicted molar refractivity (Wildman–Crippen MR) is 120 cm³/mol. The molecule has 0 saturated heterocycles. The summed E-state index contributed by atoms with van der Waals surface area (Å²) in [5, 5.41) is 3.20. The number of cyclic esters (lactones) is 1. The van der Waals surface area contributed by atoms with Crippen molar-refractivity contribution in [2.24, 2.45) is 40.2 Å². The maximum Gasteiger partial charge on any atom is 0.331 e. The van der Waals surface area contributed by atoms with Gasteiger partial charge in [-0.1, -0.05) is 25.5 Å². The summed E-state index contributed by atoms with van der Waals surface area (Å²) in [6, 6.07) is -0.151. The van der Waals surface area contributed by atoms with Crippen LogP contribution in [0.2, 0.25) is 0 Å². The molecule has 0 aromatic heterocycles. The molecule has 31 heavy (non-hydrogen) atoms. The van der Waals surface area contributed by atoms with E-state index in [9.17, 15) is 9.59 Å². The summed E-state index contributed by atoms with van der Waals surface area (Å²) in [5.74, 6) is 2.36. The summed E-state index contributed by atoms with van der Waals surface area (Å²) in [5.41, 5.74) is 9.22. The van der Waals surface area contributed by atoms with Gasteiger partial charge in [-0.25, -0.2) is 4.79 Å². The molecule has 8 atom stereocenters. The molecule has 5 heteroatoms. The highest BCUT2D eigenvalue weighted by Crippen LogP contribution is 2.66. The molecule has 0 aromatic carbocycles. The molecular weight excluding hydrogens is 388 g/mol. The van der Waals surface area contributed by atoms with Crippen molar-refractivity contribution in [3.63, 3.8) is 0 Å². The lowest BCUT2D eigenvalue weighted by atomic mass is 9.45. The molecule has 170 valence electrons. The second kappa shape index (κ2) is 7.47. The third kappa shape index (κ3) is 3.30. The van der Waals surface area contributed by atoms with E-state index in [0.717, 1.165) is 25.2 Å². The summed E-state index contributed by atoms with van der Waals surface area (Å²) in [7, 11) is 0. The Morgan fingerprint density at radius 1 is 1.23 bits per heavy atom. The van der Waals surface area contributed by atoms with Gasteiger partial charge < -0.3 is 15.8 Å². The van der Waals surface area contributed by atoms with Crippen LogP contribution >= 0.6 is 0 Å². The van der Waals surface area contributed by atoms with Crippen molar-refractivity contribution in [1.82, 2.24) is 5.32 Å². The number of allylic oxidation sites excluding steroid dienone is 2. The molecule has 1 unspecified atom stereocenters. The van der Waals surface area contributed by atoms with Crippen molar-refractivity contribution in [3.8, 4) is 0 Å². The lowest BCUT2D eigenvalue weighted by Crippen LogP contribution is -2.54. The number of carbonyl (C=O) groups excluding carboxylic acids is 2. The largest absolute Gasteiger partial charge is 0.458 e. The number of hydrogen-bond acceptors (Lipinski definition) is 4. The van der Waals surface area contributed by atoms with Gasteiger partial charge in [0.15, 0.2) is 0 Å². The number of carbonyl (C=O) groups is 2. The van der Waals surface area contributed by atoms with Crippen LogP contribution in [0.3, 0.4) is 0 Å². The predicted octanol–water partition coefficient (Wildman–Crippen LogP) is 3.88. The first-order valence-corrected chi connectivity index (χ1v) is 12.4. The third-order valence-corrected chi connectivity index (χ3v) is 9.96. The molecular formula is C26H38N2O3. The van der Waals surface area contributed by atoms with Crippen LogP contribution in [0.5, 0.6) is 0 Å². The number of amides is 1. The van der Waals surface area contributed by atoms with Crippen LogP contribution in [-0.4, -0.2) is 30.6 Å². The van der Waals surface area contributed by atoms with E-state index in [1.165, 1.54) is 37.7 Å². The van der Waals surface area contributed by atoms with Gasteiger partial charge in [-0.15, -0.1) is 0 Å². The minimum absolute atomic E-state index is 0.0125. The maximum absolute atomic E-state index is 12.1. The zero-order chi connectivity index (χ0) is 22.0.